The summed E-state index contributed by atoms with van der Waals surface area (Å²) in [4.78, 5) is 38.7. The predicted molar refractivity (Wildman–Crippen MR) is 135 cm³/mol. The summed E-state index contributed by atoms with van der Waals surface area (Å²) in [5, 5.41) is 8.48. The molecule has 2 aliphatic heterocycles. The van der Waals surface area contributed by atoms with Crippen molar-refractivity contribution in [3.63, 3.8) is 0 Å². The standard InChI is InChI=1S/C25H25N5O5S/c1-29-13-11-22(31)26-12-5-7-17-6-3-10-21-24(17)20(25(33)28-21)15-27-18-8-4-9-19(14-18)36(34,35)30(2)16-23(29)32/h3-4,6,8-10,14-15,27H,11-13,16H2,1-2H3,(H,26,31)(H,28,33)/b20-15-. The van der Waals surface area contributed by atoms with Crippen molar-refractivity contribution >= 4 is 44.7 Å². The van der Waals surface area contributed by atoms with E-state index in [0.29, 0.717) is 28.1 Å². The minimum Gasteiger partial charge on any atom is -0.361 e. The van der Waals surface area contributed by atoms with Crippen LogP contribution in [0.15, 0.2) is 53.6 Å². The van der Waals surface area contributed by atoms with Crippen molar-refractivity contribution in [3.05, 3.63) is 59.8 Å². The maximum absolute atomic E-state index is 13.1. The predicted octanol–water partition coefficient (Wildman–Crippen LogP) is 1.04. The van der Waals surface area contributed by atoms with Gasteiger partial charge in [-0.15, -0.1) is 0 Å². The Labute approximate surface area is 209 Å². The van der Waals surface area contributed by atoms with E-state index in [1.54, 1.807) is 30.3 Å². The van der Waals surface area contributed by atoms with E-state index in [-0.39, 0.29) is 42.8 Å². The molecule has 0 aliphatic carbocycles. The van der Waals surface area contributed by atoms with Gasteiger partial charge in [-0.1, -0.05) is 24.0 Å². The molecule has 3 amide bonds. The van der Waals surface area contributed by atoms with Crippen LogP contribution in [0.2, 0.25) is 0 Å². The van der Waals surface area contributed by atoms with Gasteiger partial charge in [0, 0.05) is 50.1 Å². The third-order valence-corrected chi connectivity index (χ3v) is 7.61. The number of anilines is 2. The number of hydrogen-bond donors (Lipinski definition) is 3. The lowest BCUT2D eigenvalue weighted by molar-refractivity contribution is -0.130. The molecule has 186 valence electrons. The molecule has 0 fully saturated rings. The van der Waals surface area contributed by atoms with E-state index < -0.39 is 15.9 Å². The van der Waals surface area contributed by atoms with Crippen LogP contribution in [0.25, 0.3) is 5.57 Å². The molecule has 3 N–H and O–H groups in total. The highest BCUT2D eigenvalue weighted by atomic mass is 32.2. The number of likely N-dealkylation sites (N-methyl/N-ethyl adjacent to an activating group) is 2. The second-order valence-electron chi connectivity index (χ2n) is 8.32. The fourth-order valence-electron chi connectivity index (χ4n) is 3.73. The molecule has 0 saturated carbocycles. The first-order valence-corrected chi connectivity index (χ1v) is 12.6. The summed E-state index contributed by atoms with van der Waals surface area (Å²) in [6.45, 7) is -0.167. The maximum atomic E-state index is 13.1. The van der Waals surface area contributed by atoms with Crippen LogP contribution in [0.1, 0.15) is 17.5 Å². The van der Waals surface area contributed by atoms with Crippen molar-refractivity contribution in [2.75, 3.05) is 44.4 Å². The van der Waals surface area contributed by atoms with Gasteiger partial charge in [0.2, 0.25) is 21.8 Å². The van der Waals surface area contributed by atoms with E-state index in [4.69, 9.17) is 0 Å². The zero-order valence-electron chi connectivity index (χ0n) is 19.8. The van der Waals surface area contributed by atoms with E-state index >= 15 is 0 Å². The highest BCUT2D eigenvalue weighted by Gasteiger charge is 2.27. The van der Waals surface area contributed by atoms with Gasteiger partial charge in [-0.25, -0.2) is 8.42 Å². The molecule has 0 saturated heterocycles. The third kappa shape index (κ3) is 5.25. The number of carbonyl (C=O) groups excluding carboxylic acids is 3. The van der Waals surface area contributed by atoms with Crippen molar-refractivity contribution in [2.45, 2.75) is 11.3 Å². The van der Waals surface area contributed by atoms with Gasteiger partial charge in [-0.3, -0.25) is 14.4 Å². The van der Waals surface area contributed by atoms with Crippen molar-refractivity contribution in [3.8, 4) is 11.8 Å². The first-order chi connectivity index (χ1) is 17.2. The molecule has 11 heteroatoms. The normalized spacial score (nSPS) is 20.0. The van der Waals surface area contributed by atoms with Gasteiger partial charge in [0.25, 0.3) is 5.91 Å². The maximum Gasteiger partial charge on any atom is 0.257 e. The molecule has 0 atom stereocenters. The Bertz CT molecular complexity index is 1440. The Morgan fingerprint density at radius 1 is 1.03 bits per heavy atom. The van der Waals surface area contributed by atoms with E-state index in [1.165, 1.54) is 37.3 Å². The van der Waals surface area contributed by atoms with E-state index in [0.717, 1.165) is 4.31 Å². The van der Waals surface area contributed by atoms with Crippen LogP contribution < -0.4 is 16.0 Å². The molecule has 4 rings (SSSR count). The van der Waals surface area contributed by atoms with Crippen LogP contribution in [0.5, 0.6) is 0 Å². The number of fused-ring (bicyclic) bond motifs is 2. The minimum absolute atomic E-state index is 0.0135. The Balaban J connectivity index is 1.73. The van der Waals surface area contributed by atoms with Crippen LogP contribution in [-0.2, 0) is 24.4 Å². The van der Waals surface area contributed by atoms with Crippen molar-refractivity contribution < 1.29 is 22.8 Å². The summed E-state index contributed by atoms with van der Waals surface area (Å²) in [7, 11) is -1.14. The Morgan fingerprint density at radius 2 is 1.81 bits per heavy atom. The quantitative estimate of drug-likeness (QED) is 0.458. The molecule has 0 unspecified atom stereocenters. The molecule has 2 bridgehead atoms. The smallest absolute Gasteiger partial charge is 0.257 e. The average molecular weight is 508 g/mol. The zero-order chi connectivity index (χ0) is 25.9. The molecule has 2 aromatic carbocycles. The Hall–Kier alpha value is -4.14. The van der Waals surface area contributed by atoms with Gasteiger partial charge in [-0.05, 0) is 30.3 Å². The summed E-state index contributed by atoms with van der Waals surface area (Å²) in [6, 6.07) is 11.4. The first-order valence-electron chi connectivity index (χ1n) is 11.1. The van der Waals surface area contributed by atoms with Crippen molar-refractivity contribution in [2.24, 2.45) is 0 Å². The van der Waals surface area contributed by atoms with Gasteiger partial charge in [0.15, 0.2) is 0 Å². The second kappa shape index (κ2) is 10.2. The molecular weight excluding hydrogens is 482 g/mol. The number of rotatable bonds is 0. The Morgan fingerprint density at radius 3 is 2.61 bits per heavy atom. The zero-order valence-corrected chi connectivity index (χ0v) is 20.6. The number of hydrogen-bond acceptors (Lipinski definition) is 6. The molecule has 2 heterocycles. The van der Waals surface area contributed by atoms with Gasteiger partial charge in [0.1, 0.15) is 0 Å². The molecule has 2 aromatic rings. The molecule has 36 heavy (non-hydrogen) atoms. The summed E-state index contributed by atoms with van der Waals surface area (Å²) in [5.74, 6) is 4.84. The lowest BCUT2D eigenvalue weighted by Crippen LogP contribution is -2.40. The van der Waals surface area contributed by atoms with Crippen LogP contribution >= 0.6 is 0 Å². The number of nitrogens with one attached hydrogen (secondary N) is 3. The molecular formula is C25H25N5O5S. The Kier molecular flexibility index (Phi) is 7.10. The fraction of sp³-hybridized carbons (Fsp3) is 0.240. The summed E-state index contributed by atoms with van der Waals surface area (Å²) in [6.07, 6.45) is 1.54. The monoisotopic (exact) mass is 507 g/mol. The fourth-order valence-corrected chi connectivity index (χ4v) is 4.90. The van der Waals surface area contributed by atoms with Crippen LogP contribution in [0.4, 0.5) is 11.4 Å². The van der Waals surface area contributed by atoms with E-state index in [2.05, 4.69) is 27.8 Å². The lowest BCUT2D eigenvalue weighted by Gasteiger charge is -2.22. The van der Waals surface area contributed by atoms with Crippen molar-refractivity contribution in [1.82, 2.24) is 14.5 Å². The van der Waals surface area contributed by atoms with Crippen LogP contribution in [0.3, 0.4) is 0 Å². The number of nitrogens with zero attached hydrogens (tertiary/aromatic N) is 2. The molecule has 0 radical (unpaired) electrons. The minimum atomic E-state index is -3.98. The number of carbonyl (C=O) groups is 3. The topological polar surface area (TPSA) is 128 Å². The molecule has 0 aromatic heterocycles. The van der Waals surface area contributed by atoms with Gasteiger partial charge >= 0.3 is 0 Å². The van der Waals surface area contributed by atoms with E-state index in [1.807, 2.05) is 0 Å². The number of benzene rings is 2. The van der Waals surface area contributed by atoms with Crippen LogP contribution in [-0.4, -0.2) is 69.1 Å². The van der Waals surface area contributed by atoms with Gasteiger partial charge in [0.05, 0.1) is 29.2 Å². The summed E-state index contributed by atoms with van der Waals surface area (Å²) < 4.78 is 27.1. The average Bonchev–Trinajstić information content (AvgIpc) is 3.18. The highest BCUT2D eigenvalue weighted by molar-refractivity contribution is 7.89. The van der Waals surface area contributed by atoms with Gasteiger partial charge in [-0.2, -0.15) is 4.31 Å². The second-order valence-corrected chi connectivity index (χ2v) is 10.4. The third-order valence-electron chi connectivity index (χ3n) is 5.81. The first kappa shape index (κ1) is 25.0. The van der Waals surface area contributed by atoms with Crippen molar-refractivity contribution in [1.29, 1.82) is 0 Å². The van der Waals surface area contributed by atoms with Crippen LogP contribution in [0, 0.1) is 11.8 Å². The summed E-state index contributed by atoms with van der Waals surface area (Å²) >= 11 is 0. The molecule has 2 aliphatic rings. The van der Waals surface area contributed by atoms with Gasteiger partial charge < -0.3 is 20.9 Å². The van der Waals surface area contributed by atoms with E-state index in [9.17, 15) is 22.8 Å². The largest absolute Gasteiger partial charge is 0.361 e. The summed E-state index contributed by atoms with van der Waals surface area (Å²) in [5.41, 5.74) is 2.61. The number of amides is 3. The lowest BCUT2D eigenvalue weighted by atomic mass is 10.0. The highest BCUT2D eigenvalue weighted by Crippen LogP contribution is 2.34. The molecule has 0 spiro atoms. The molecule has 10 nitrogen and oxygen atoms in total. The number of sulfonamides is 1. The SMILES string of the molecule is CN1CCC(=O)NCC#Cc2cccc3c2/C(=C/Nc2cccc(c2)S(=O)(=O)N(C)CC1=O)C(=O)N3.